The summed E-state index contributed by atoms with van der Waals surface area (Å²) in [7, 11) is -1.34. The first-order valence-corrected chi connectivity index (χ1v) is 9.94. The Morgan fingerprint density at radius 2 is 1.38 bits per heavy atom. The van der Waals surface area contributed by atoms with E-state index in [1.54, 1.807) is 10.6 Å². The van der Waals surface area contributed by atoms with Crippen molar-refractivity contribution in [1.29, 1.82) is 0 Å². The second-order valence-electron chi connectivity index (χ2n) is 6.91. The number of benzene rings is 2. The fraction of sp³-hybridized carbons (Fsp3) is 0.368. The smallest absolute Gasteiger partial charge is 0.0993 e. The molecule has 2 aromatic rings. The van der Waals surface area contributed by atoms with Crippen LogP contribution in [0.2, 0.25) is 0 Å². The lowest BCUT2D eigenvalue weighted by atomic mass is 10.1. The van der Waals surface area contributed by atoms with E-state index in [0.29, 0.717) is 6.04 Å². The molecule has 0 unspecified atom stereocenters. The van der Waals surface area contributed by atoms with Crippen LogP contribution in [0.25, 0.3) is 0 Å². The molecule has 1 atom stereocenters. The molecular weight excluding hydrogens is 273 g/mol. The van der Waals surface area contributed by atoms with E-state index in [9.17, 15) is 0 Å². The van der Waals surface area contributed by atoms with Gasteiger partial charge in [0.2, 0.25) is 0 Å². The molecule has 1 saturated heterocycles. The maximum Gasteiger partial charge on any atom is 0.0993 e. The highest BCUT2D eigenvalue weighted by atomic mass is 31.2. The minimum atomic E-state index is -1.34. The molecule has 3 rings (SSSR count). The van der Waals surface area contributed by atoms with Crippen molar-refractivity contribution in [1.82, 2.24) is 5.32 Å². The minimum absolute atomic E-state index is 0.192. The lowest BCUT2D eigenvalue weighted by molar-refractivity contribution is 0.378. The van der Waals surface area contributed by atoms with E-state index >= 15 is 0 Å². The van der Waals surface area contributed by atoms with Crippen LogP contribution in [-0.2, 0) is 0 Å². The molecule has 0 radical (unpaired) electrons. The van der Waals surface area contributed by atoms with Gasteiger partial charge in [0, 0.05) is 11.6 Å². The lowest BCUT2D eigenvalue weighted by Crippen LogP contribution is -2.57. The van der Waals surface area contributed by atoms with Gasteiger partial charge in [0.05, 0.1) is 30.2 Å². The first-order chi connectivity index (χ1) is 10.0. The van der Waals surface area contributed by atoms with Crippen molar-refractivity contribution in [2.24, 2.45) is 0 Å². The Morgan fingerprint density at radius 1 is 0.905 bits per heavy atom. The molecule has 0 spiro atoms. The lowest BCUT2D eigenvalue weighted by Gasteiger charge is -2.43. The van der Waals surface area contributed by atoms with E-state index in [0.717, 1.165) is 0 Å². The molecule has 0 saturated carbocycles. The van der Waals surface area contributed by atoms with Crippen molar-refractivity contribution < 1.29 is 0 Å². The molecule has 21 heavy (non-hydrogen) atoms. The molecule has 0 bridgehead atoms. The van der Waals surface area contributed by atoms with Crippen molar-refractivity contribution in [3.63, 3.8) is 0 Å². The number of rotatable bonds is 2. The summed E-state index contributed by atoms with van der Waals surface area (Å²) < 4.78 is 0. The van der Waals surface area contributed by atoms with Crippen LogP contribution in [0.3, 0.4) is 0 Å². The van der Waals surface area contributed by atoms with Gasteiger partial charge in [-0.3, -0.25) is 0 Å². The Morgan fingerprint density at radius 3 is 1.81 bits per heavy atom. The summed E-state index contributed by atoms with van der Waals surface area (Å²) in [5, 5.41) is 6.88. The highest BCUT2D eigenvalue weighted by Crippen LogP contribution is 2.60. The molecule has 1 N–H and O–H groups in total. The second kappa shape index (κ2) is 5.55. The summed E-state index contributed by atoms with van der Waals surface area (Å²) >= 11 is 0. The van der Waals surface area contributed by atoms with Crippen LogP contribution in [0.1, 0.15) is 20.8 Å². The molecule has 1 aliphatic rings. The van der Waals surface area contributed by atoms with Crippen LogP contribution in [-0.4, -0.2) is 23.9 Å². The zero-order chi connectivity index (χ0) is 14.9. The topological polar surface area (TPSA) is 12.0 Å². The van der Waals surface area contributed by atoms with Crippen molar-refractivity contribution in [2.75, 3.05) is 12.3 Å². The van der Waals surface area contributed by atoms with Gasteiger partial charge in [-0.15, -0.1) is 0 Å². The molecule has 0 amide bonds. The van der Waals surface area contributed by atoms with E-state index in [1.807, 2.05) is 0 Å². The second-order valence-corrected chi connectivity index (χ2v) is 10.6. The van der Waals surface area contributed by atoms with Crippen LogP contribution >= 0.6 is 7.26 Å². The third-order valence-electron chi connectivity index (χ3n) is 4.39. The Kier molecular flexibility index (Phi) is 3.90. The third kappa shape index (κ3) is 2.91. The fourth-order valence-electron chi connectivity index (χ4n) is 3.93. The fourth-order valence-corrected chi connectivity index (χ4v) is 9.10. The standard InChI is InChI=1S/C19H25NP/c1-16-14-21(15-19(2,3)20-16,17-10-6-4-7-11-17)18-12-8-5-9-13-18/h4-13,16,20H,14-15H2,1-3H3/q+1/t16-/m0/s1. The summed E-state index contributed by atoms with van der Waals surface area (Å²) in [6.45, 7) is 7.04. The van der Waals surface area contributed by atoms with E-state index < -0.39 is 7.26 Å². The molecular formula is C19H25NP+. The summed E-state index contributed by atoms with van der Waals surface area (Å²) in [4.78, 5) is 0. The van der Waals surface area contributed by atoms with Crippen LogP contribution in [0.4, 0.5) is 0 Å². The zero-order valence-electron chi connectivity index (χ0n) is 13.2. The van der Waals surface area contributed by atoms with Crippen molar-refractivity contribution in [3.8, 4) is 0 Å². The van der Waals surface area contributed by atoms with Crippen LogP contribution < -0.4 is 15.9 Å². The van der Waals surface area contributed by atoms with Gasteiger partial charge in [0.25, 0.3) is 0 Å². The van der Waals surface area contributed by atoms with Crippen molar-refractivity contribution >= 4 is 17.9 Å². The molecule has 110 valence electrons. The highest BCUT2D eigenvalue weighted by Gasteiger charge is 2.51. The average molecular weight is 298 g/mol. The first kappa shape index (κ1) is 14.8. The van der Waals surface area contributed by atoms with Gasteiger partial charge in [-0.1, -0.05) is 36.4 Å². The summed E-state index contributed by atoms with van der Waals surface area (Å²) in [6, 6.07) is 23.0. The first-order valence-electron chi connectivity index (χ1n) is 7.78. The molecule has 1 heterocycles. The quantitative estimate of drug-likeness (QED) is 0.838. The Hall–Kier alpha value is -1.17. The summed E-state index contributed by atoms with van der Waals surface area (Å²) in [5.74, 6) is 0. The summed E-state index contributed by atoms with van der Waals surface area (Å²) in [5.41, 5.74) is 0.192. The molecule has 0 aromatic heterocycles. The van der Waals surface area contributed by atoms with E-state index in [-0.39, 0.29) is 5.54 Å². The van der Waals surface area contributed by atoms with Gasteiger partial charge in [0.15, 0.2) is 0 Å². The van der Waals surface area contributed by atoms with Crippen LogP contribution in [0.5, 0.6) is 0 Å². The predicted octanol–water partition coefficient (Wildman–Crippen LogP) is 3.43. The average Bonchev–Trinajstić information content (AvgIpc) is 2.47. The number of hydrogen-bond donors (Lipinski definition) is 1. The number of hydrogen-bond acceptors (Lipinski definition) is 1. The molecule has 2 heteroatoms. The van der Waals surface area contributed by atoms with Gasteiger partial charge in [0.1, 0.15) is 0 Å². The maximum absolute atomic E-state index is 3.78. The molecule has 1 aliphatic heterocycles. The van der Waals surface area contributed by atoms with E-state index in [4.69, 9.17) is 0 Å². The Labute approximate surface area is 129 Å². The predicted molar refractivity (Wildman–Crippen MR) is 95.5 cm³/mol. The van der Waals surface area contributed by atoms with Crippen LogP contribution in [0, 0.1) is 0 Å². The van der Waals surface area contributed by atoms with Gasteiger partial charge in [-0.05, 0) is 45.0 Å². The number of nitrogens with one attached hydrogen (secondary N) is 1. The largest absolute Gasteiger partial charge is 0.302 e. The van der Waals surface area contributed by atoms with E-state index in [1.165, 1.54) is 12.3 Å². The normalized spacial score (nSPS) is 23.7. The Bertz CT molecular complexity index is 552. The van der Waals surface area contributed by atoms with Crippen molar-refractivity contribution in [3.05, 3.63) is 60.7 Å². The third-order valence-corrected chi connectivity index (χ3v) is 9.46. The molecule has 2 aromatic carbocycles. The zero-order valence-corrected chi connectivity index (χ0v) is 14.1. The molecule has 1 fully saturated rings. The SMILES string of the molecule is C[C@H]1C[P+](c2ccccc2)(c2ccccc2)CC(C)(C)N1. The monoisotopic (exact) mass is 298 g/mol. The van der Waals surface area contributed by atoms with Gasteiger partial charge < -0.3 is 5.32 Å². The Balaban J connectivity index is 2.16. The van der Waals surface area contributed by atoms with Gasteiger partial charge in [-0.25, -0.2) is 0 Å². The maximum atomic E-state index is 3.78. The van der Waals surface area contributed by atoms with Crippen molar-refractivity contribution in [2.45, 2.75) is 32.4 Å². The highest BCUT2D eigenvalue weighted by molar-refractivity contribution is 7.89. The summed E-state index contributed by atoms with van der Waals surface area (Å²) in [6.07, 6.45) is 2.49. The van der Waals surface area contributed by atoms with E-state index in [2.05, 4.69) is 86.8 Å². The van der Waals surface area contributed by atoms with Gasteiger partial charge >= 0.3 is 0 Å². The molecule has 1 nitrogen and oxygen atoms in total. The van der Waals surface area contributed by atoms with Gasteiger partial charge in [-0.2, -0.15) is 0 Å². The van der Waals surface area contributed by atoms with Crippen LogP contribution in [0.15, 0.2) is 60.7 Å². The minimum Gasteiger partial charge on any atom is -0.302 e. The molecule has 0 aliphatic carbocycles.